The SMILES string of the molecule is COc1ccccc1CNC(=O)Cn1ccc2ccc(Cl)cc21. The molecule has 23 heavy (non-hydrogen) atoms. The fourth-order valence-electron chi connectivity index (χ4n) is 2.55. The third-order valence-electron chi connectivity index (χ3n) is 3.72. The molecule has 1 amide bonds. The second kappa shape index (κ2) is 6.75. The monoisotopic (exact) mass is 328 g/mol. The molecule has 0 spiro atoms. The van der Waals surface area contributed by atoms with Crippen molar-refractivity contribution in [2.45, 2.75) is 13.1 Å². The van der Waals surface area contributed by atoms with Gasteiger partial charge in [-0.15, -0.1) is 0 Å². The van der Waals surface area contributed by atoms with E-state index in [1.54, 1.807) is 7.11 Å². The summed E-state index contributed by atoms with van der Waals surface area (Å²) < 4.78 is 7.17. The van der Waals surface area contributed by atoms with E-state index in [1.165, 1.54) is 0 Å². The molecule has 0 saturated carbocycles. The summed E-state index contributed by atoms with van der Waals surface area (Å²) in [5, 5.41) is 4.64. The van der Waals surface area contributed by atoms with Crippen molar-refractivity contribution in [3.8, 4) is 5.75 Å². The van der Waals surface area contributed by atoms with Gasteiger partial charge in [0, 0.05) is 28.8 Å². The van der Waals surface area contributed by atoms with Crippen LogP contribution in [0.15, 0.2) is 54.7 Å². The van der Waals surface area contributed by atoms with E-state index in [0.29, 0.717) is 11.6 Å². The molecule has 3 rings (SSSR count). The summed E-state index contributed by atoms with van der Waals surface area (Å²) in [5.74, 6) is 0.708. The number of benzene rings is 2. The molecule has 0 aliphatic heterocycles. The lowest BCUT2D eigenvalue weighted by Crippen LogP contribution is -2.27. The van der Waals surface area contributed by atoms with Crippen LogP contribution in [0.2, 0.25) is 5.02 Å². The van der Waals surface area contributed by atoms with Gasteiger partial charge < -0.3 is 14.6 Å². The van der Waals surface area contributed by atoms with Crippen molar-refractivity contribution >= 4 is 28.4 Å². The van der Waals surface area contributed by atoms with Crippen LogP contribution in [-0.4, -0.2) is 17.6 Å². The van der Waals surface area contributed by atoms with Crippen molar-refractivity contribution in [3.63, 3.8) is 0 Å². The molecule has 1 aromatic heterocycles. The number of para-hydroxylation sites is 1. The number of nitrogens with zero attached hydrogens (tertiary/aromatic N) is 1. The number of ether oxygens (including phenoxy) is 1. The molecule has 0 atom stereocenters. The molecule has 3 aromatic rings. The van der Waals surface area contributed by atoms with E-state index < -0.39 is 0 Å². The molecule has 0 unspecified atom stereocenters. The summed E-state index contributed by atoms with van der Waals surface area (Å²) in [6, 6.07) is 15.3. The topological polar surface area (TPSA) is 43.3 Å². The van der Waals surface area contributed by atoms with Gasteiger partial charge in [0.1, 0.15) is 12.3 Å². The van der Waals surface area contributed by atoms with E-state index in [2.05, 4.69) is 5.32 Å². The number of halogens is 1. The Hall–Kier alpha value is -2.46. The van der Waals surface area contributed by atoms with E-state index in [0.717, 1.165) is 22.2 Å². The molecule has 4 nitrogen and oxygen atoms in total. The minimum atomic E-state index is -0.0617. The maximum absolute atomic E-state index is 12.2. The van der Waals surface area contributed by atoms with Crippen LogP contribution in [0.3, 0.4) is 0 Å². The van der Waals surface area contributed by atoms with Crippen LogP contribution in [0.25, 0.3) is 10.9 Å². The highest BCUT2D eigenvalue weighted by Crippen LogP contribution is 2.20. The van der Waals surface area contributed by atoms with Gasteiger partial charge in [-0.25, -0.2) is 0 Å². The molecule has 1 heterocycles. The number of methoxy groups -OCH3 is 1. The lowest BCUT2D eigenvalue weighted by molar-refractivity contribution is -0.121. The molecule has 0 fully saturated rings. The molecule has 2 aromatic carbocycles. The Morgan fingerprint density at radius 1 is 1.22 bits per heavy atom. The molecule has 0 aliphatic rings. The molecule has 0 bridgehead atoms. The Balaban J connectivity index is 1.68. The van der Waals surface area contributed by atoms with Crippen molar-refractivity contribution in [1.82, 2.24) is 9.88 Å². The van der Waals surface area contributed by atoms with Gasteiger partial charge in [-0.3, -0.25) is 4.79 Å². The first-order chi connectivity index (χ1) is 11.2. The number of amides is 1. The first-order valence-electron chi connectivity index (χ1n) is 7.30. The fourth-order valence-corrected chi connectivity index (χ4v) is 2.71. The summed E-state index contributed by atoms with van der Waals surface area (Å²) in [7, 11) is 1.62. The maximum atomic E-state index is 12.2. The smallest absolute Gasteiger partial charge is 0.240 e. The number of fused-ring (bicyclic) bond motifs is 1. The van der Waals surface area contributed by atoms with Crippen LogP contribution in [0.1, 0.15) is 5.56 Å². The Morgan fingerprint density at radius 2 is 2.04 bits per heavy atom. The number of hydrogen-bond donors (Lipinski definition) is 1. The number of carbonyl (C=O) groups excluding carboxylic acids is 1. The molecule has 0 radical (unpaired) electrons. The number of nitrogens with one attached hydrogen (secondary N) is 1. The number of rotatable bonds is 5. The number of carbonyl (C=O) groups is 1. The Labute approximate surface area is 139 Å². The zero-order valence-corrected chi connectivity index (χ0v) is 13.5. The predicted octanol–water partition coefficient (Wildman–Crippen LogP) is 3.62. The van der Waals surface area contributed by atoms with Gasteiger partial charge in [0.2, 0.25) is 5.91 Å². The van der Waals surface area contributed by atoms with Crippen molar-refractivity contribution in [2.24, 2.45) is 0 Å². The van der Waals surface area contributed by atoms with Gasteiger partial charge in [-0.2, -0.15) is 0 Å². The lowest BCUT2D eigenvalue weighted by atomic mass is 10.2. The number of hydrogen-bond acceptors (Lipinski definition) is 2. The molecular weight excluding hydrogens is 312 g/mol. The van der Waals surface area contributed by atoms with Gasteiger partial charge in [0.15, 0.2) is 0 Å². The Morgan fingerprint density at radius 3 is 2.87 bits per heavy atom. The van der Waals surface area contributed by atoms with E-state index in [4.69, 9.17) is 16.3 Å². The van der Waals surface area contributed by atoms with Gasteiger partial charge in [0.05, 0.1) is 7.11 Å². The van der Waals surface area contributed by atoms with Crippen LogP contribution in [0, 0.1) is 0 Å². The third-order valence-corrected chi connectivity index (χ3v) is 3.95. The van der Waals surface area contributed by atoms with Crippen molar-refractivity contribution < 1.29 is 9.53 Å². The first-order valence-corrected chi connectivity index (χ1v) is 7.68. The summed E-state index contributed by atoms with van der Waals surface area (Å²) >= 11 is 6.03. The molecule has 0 saturated heterocycles. The van der Waals surface area contributed by atoms with E-state index in [1.807, 2.05) is 59.3 Å². The van der Waals surface area contributed by atoms with Gasteiger partial charge in [-0.05, 0) is 29.7 Å². The molecule has 0 aliphatic carbocycles. The minimum absolute atomic E-state index is 0.0617. The van der Waals surface area contributed by atoms with Crippen LogP contribution in [-0.2, 0) is 17.9 Å². The standard InChI is InChI=1S/C18H17ClN2O2/c1-23-17-5-3-2-4-14(17)11-20-18(22)12-21-9-8-13-6-7-15(19)10-16(13)21/h2-10H,11-12H2,1H3,(H,20,22). The molecular formula is C18H17ClN2O2. The van der Waals surface area contributed by atoms with E-state index >= 15 is 0 Å². The Bertz CT molecular complexity index is 842. The van der Waals surface area contributed by atoms with Crippen molar-refractivity contribution in [3.05, 3.63) is 65.3 Å². The Kier molecular flexibility index (Phi) is 4.53. The van der Waals surface area contributed by atoms with E-state index in [-0.39, 0.29) is 12.5 Å². The van der Waals surface area contributed by atoms with Crippen LogP contribution < -0.4 is 10.1 Å². The normalized spacial score (nSPS) is 10.7. The average Bonchev–Trinajstić information content (AvgIpc) is 2.95. The highest BCUT2D eigenvalue weighted by Gasteiger charge is 2.08. The lowest BCUT2D eigenvalue weighted by Gasteiger charge is -2.10. The largest absolute Gasteiger partial charge is 0.496 e. The number of aromatic nitrogens is 1. The van der Waals surface area contributed by atoms with Gasteiger partial charge >= 0.3 is 0 Å². The summed E-state index contributed by atoms with van der Waals surface area (Å²) in [5.41, 5.74) is 1.90. The first kappa shape index (κ1) is 15.4. The third kappa shape index (κ3) is 3.48. The summed E-state index contributed by atoms with van der Waals surface area (Å²) in [6.07, 6.45) is 1.89. The van der Waals surface area contributed by atoms with Crippen LogP contribution in [0.4, 0.5) is 0 Å². The van der Waals surface area contributed by atoms with Gasteiger partial charge in [-0.1, -0.05) is 35.9 Å². The summed E-state index contributed by atoms with van der Waals surface area (Å²) in [6.45, 7) is 0.682. The minimum Gasteiger partial charge on any atom is -0.496 e. The predicted molar refractivity (Wildman–Crippen MR) is 91.8 cm³/mol. The molecule has 5 heteroatoms. The summed E-state index contributed by atoms with van der Waals surface area (Å²) in [4.78, 5) is 12.2. The zero-order valence-electron chi connectivity index (χ0n) is 12.8. The highest BCUT2D eigenvalue weighted by molar-refractivity contribution is 6.31. The highest BCUT2D eigenvalue weighted by atomic mass is 35.5. The molecule has 1 N–H and O–H groups in total. The average molecular weight is 329 g/mol. The zero-order chi connectivity index (χ0) is 16.2. The van der Waals surface area contributed by atoms with E-state index in [9.17, 15) is 4.79 Å². The van der Waals surface area contributed by atoms with Crippen LogP contribution >= 0.6 is 11.6 Å². The molecule has 118 valence electrons. The second-order valence-electron chi connectivity index (χ2n) is 5.24. The van der Waals surface area contributed by atoms with Crippen molar-refractivity contribution in [2.75, 3.05) is 7.11 Å². The van der Waals surface area contributed by atoms with Crippen molar-refractivity contribution in [1.29, 1.82) is 0 Å². The quantitative estimate of drug-likeness (QED) is 0.777. The second-order valence-corrected chi connectivity index (χ2v) is 5.67. The maximum Gasteiger partial charge on any atom is 0.240 e. The fraction of sp³-hybridized carbons (Fsp3) is 0.167. The van der Waals surface area contributed by atoms with Crippen LogP contribution in [0.5, 0.6) is 5.75 Å². The van der Waals surface area contributed by atoms with Gasteiger partial charge in [0.25, 0.3) is 0 Å².